The molecular formula is C23H25NO4S. The van der Waals surface area contributed by atoms with Crippen LogP contribution in [0.3, 0.4) is 0 Å². The zero-order valence-electron chi connectivity index (χ0n) is 16.3. The average Bonchev–Trinajstić information content (AvgIpc) is 3.48. The number of rotatable bonds is 5. The number of fused-ring (bicyclic) bond motifs is 1. The summed E-state index contributed by atoms with van der Waals surface area (Å²) in [6.07, 6.45) is 6.58. The van der Waals surface area contributed by atoms with Crippen molar-refractivity contribution in [1.29, 1.82) is 0 Å². The number of carbonyl (C=O) groups excluding carboxylic acids is 1. The minimum atomic E-state index is -0.490. The molecule has 1 spiro atoms. The van der Waals surface area contributed by atoms with E-state index in [-0.39, 0.29) is 12.0 Å². The van der Waals surface area contributed by atoms with Crippen molar-refractivity contribution >= 4 is 23.4 Å². The normalized spacial score (nSPS) is 21.6. The molecule has 1 unspecified atom stereocenters. The molecule has 0 aromatic heterocycles. The summed E-state index contributed by atoms with van der Waals surface area (Å²) in [7, 11) is 0. The van der Waals surface area contributed by atoms with Crippen LogP contribution in [0.25, 0.3) is 0 Å². The Hall–Kier alpha value is -2.18. The summed E-state index contributed by atoms with van der Waals surface area (Å²) in [5, 5.41) is 3.02. The number of hydrogen-bond donors (Lipinski definition) is 1. The van der Waals surface area contributed by atoms with Crippen molar-refractivity contribution in [1.82, 2.24) is 0 Å². The minimum absolute atomic E-state index is 0.116. The fourth-order valence-electron chi connectivity index (χ4n) is 4.23. The highest BCUT2D eigenvalue weighted by Gasteiger charge is 2.44. The van der Waals surface area contributed by atoms with Crippen LogP contribution in [0.1, 0.15) is 48.9 Å². The number of anilines is 1. The predicted octanol–water partition coefficient (Wildman–Crippen LogP) is 5.25. The minimum Gasteiger partial charge on any atom is -0.448 e. The molecule has 1 atom stereocenters. The second-order valence-electron chi connectivity index (χ2n) is 7.88. The number of hydrogen-bond acceptors (Lipinski definition) is 5. The summed E-state index contributed by atoms with van der Waals surface area (Å²) < 4.78 is 17.9. The molecule has 0 bridgehead atoms. The molecule has 29 heavy (non-hydrogen) atoms. The van der Waals surface area contributed by atoms with Gasteiger partial charge in [-0.25, -0.2) is 0 Å². The highest BCUT2D eigenvalue weighted by Crippen LogP contribution is 2.47. The lowest BCUT2D eigenvalue weighted by atomic mass is 10.2. The first-order valence-corrected chi connectivity index (χ1v) is 11.4. The fourth-order valence-corrected chi connectivity index (χ4v) is 5.35. The summed E-state index contributed by atoms with van der Waals surface area (Å²) in [6.45, 7) is 0.846. The summed E-state index contributed by atoms with van der Waals surface area (Å²) in [5.41, 5.74) is 1.40. The molecule has 5 nitrogen and oxygen atoms in total. The SMILES string of the molecule is O=C(Nc1ccc2c(c1)OC1(CCCC1)O2)c1ccccc1SCC1CCCO1. The van der Waals surface area contributed by atoms with Crippen LogP contribution in [0.2, 0.25) is 0 Å². The summed E-state index contributed by atoms with van der Waals surface area (Å²) in [6, 6.07) is 13.4. The van der Waals surface area contributed by atoms with Crippen LogP contribution in [0, 0.1) is 0 Å². The van der Waals surface area contributed by atoms with Crippen LogP contribution in [0.5, 0.6) is 11.5 Å². The van der Waals surface area contributed by atoms with E-state index in [2.05, 4.69) is 5.32 Å². The predicted molar refractivity (Wildman–Crippen MR) is 113 cm³/mol. The van der Waals surface area contributed by atoms with Gasteiger partial charge in [-0.15, -0.1) is 11.8 Å². The Bertz CT molecular complexity index is 904. The molecule has 1 N–H and O–H groups in total. The van der Waals surface area contributed by atoms with E-state index in [1.807, 2.05) is 42.5 Å². The van der Waals surface area contributed by atoms with Gasteiger partial charge in [0.25, 0.3) is 11.7 Å². The monoisotopic (exact) mass is 411 g/mol. The molecule has 0 radical (unpaired) electrons. The Kier molecular flexibility index (Phi) is 5.14. The first-order valence-electron chi connectivity index (χ1n) is 10.4. The van der Waals surface area contributed by atoms with Crippen molar-refractivity contribution in [2.75, 3.05) is 17.7 Å². The van der Waals surface area contributed by atoms with Gasteiger partial charge >= 0.3 is 0 Å². The number of amides is 1. The van der Waals surface area contributed by atoms with E-state index in [0.717, 1.165) is 61.5 Å². The van der Waals surface area contributed by atoms with Gasteiger partial charge in [-0.2, -0.15) is 0 Å². The molecule has 3 aliphatic rings. The van der Waals surface area contributed by atoms with E-state index in [4.69, 9.17) is 14.2 Å². The third-order valence-electron chi connectivity index (χ3n) is 5.74. The molecule has 5 rings (SSSR count). The Balaban J connectivity index is 1.28. The number of nitrogens with one attached hydrogen (secondary N) is 1. The molecule has 2 aliphatic heterocycles. The zero-order chi connectivity index (χ0) is 19.7. The molecule has 2 aromatic rings. The van der Waals surface area contributed by atoms with Gasteiger partial charge in [0.15, 0.2) is 11.5 Å². The Morgan fingerprint density at radius 1 is 1.07 bits per heavy atom. The van der Waals surface area contributed by atoms with Gasteiger partial charge in [0, 0.05) is 41.9 Å². The molecule has 2 aromatic carbocycles. The Morgan fingerprint density at radius 3 is 2.72 bits per heavy atom. The van der Waals surface area contributed by atoms with Gasteiger partial charge in [-0.05, 0) is 49.9 Å². The van der Waals surface area contributed by atoms with Crippen LogP contribution >= 0.6 is 11.8 Å². The highest BCUT2D eigenvalue weighted by atomic mass is 32.2. The van der Waals surface area contributed by atoms with Crippen LogP contribution in [-0.4, -0.2) is 30.2 Å². The quantitative estimate of drug-likeness (QED) is 0.681. The number of carbonyl (C=O) groups is 1. The first kappa shape index (κ1) is 18.8. The Morgan fingerprint density at radius 2 is 1.90 bits per heavy atom. The smallest absolute Gasteiger partial charge is 0.256 e. The molecule has 1 saturated heterocycles. The van der Waals surface area contributed by atoms with Crippen LogP contribution in [0.4, 0.5) is 5.69 Å². The van der Waals surface area contributed by atoms with Crippen molar-refractivity contribution in [3.05, 3.63) is 48.0 Å². The van der Waals surface area contributed by atoms with Crippen molar-refractivity contribution in [2.24, 2.45) is 0 Å². The third-order valence-corrected chi connectivity index (χ3v) is 6.94. The molecule has 1 saturated carbocycles. The van der Waals surface area contributed by atoms with E-state index in [0.29, 0.717) is 17.0 Å². The summed E-state index contributed by atoms with van der Waals surface area (Å²) in [5.74, 6) is 1.74. The second kappa shape index (κ2) is 7.92. The number of ether oxygens (including phenoxy) is 3. The Labute approximate surface area is 175 Å². The fraction of sp³-hybridized carbons (Fsp3) is 0.435. The van der Waals surface area contributed by atoms with E-state index < -0.39 is 5.79 Å². The van der Waals surface area contributed by atoms with Gasteiger partial charge in [-0.1, -0.05) is 12.1 Å². The molecule has 2 heterocycles. The molecular weight excluding hydrogens is 386 g/mol. The first-order chi connectivity index (χ1) is 14.2. The van der Waals surface area contributed by atoms with Gasteiger partial charge < -0.3 is 19.5 Å². The number of thioether (sulfide) groups is 1. The zero-order valence-corrected chi connectivity index (χ0v) is 17.1. The lowest BCUT2D eigenvalue weighted by Crippen LogP contribution is -2.34. The molecule has 6 heteroatoms. The van der Waals surface area contributed by atoms with E-state index in [1.54, 1.807) is 11.8 Å². The lowest BCUT2D eigenvalue weighted by Gasteiger charge is -2.21. The van der Waals surface area contributed by atoms with Crippen molar-refractivity contribution in [3.8, 4) is 11.5 Å². The summed E-state index contributed by atoms with van der Waals surface area (Å²) >= 11 is 1.69. The van der Waals surface area contributed by atoms with Crippen LogP contribution in [-0.2, 0) is 4.74 Å². The van der Waals surface area contributed by atoms with Crippen molar-refractivity contribution in [2.45, 2.75) is 55.3 Å². The largest absolute Gasteiger partial charge is 0.448 e. The van der Waals surface area contributed by atoms with Crippen molar-refractivity contribution < 1.29 is 19.0 Å². The van der Waals surface area contributed by atoms with E-state index >= 15 is 0 Å². The molecule has 1 amide bonds. The van der Waals surface area contributed by atoms with E-state index in [9.17, 15) is 4.79 Å². The maximum atomic E-state index is 13.0. The molecule has 1 aliphatic carbocycles. The van der Waals surface area contributed by atoms with Gasteiger partial charge in [0.2, 0.25) is 0 Å². The highest BCUT2D eigenvalue weighted by molar-refractivity contribution is 7.99. The van der Waals surface area contributed by atoms with Gasteiger partial charge in [0.1, 0.15) is 0 Å². The average molecular weight is 412 g/mol. The molecule has 2 fully saturated rings. The van der Waals surface area contributed by atoms with Crippen LogP contribution in [0.15, 0.2) is 47.4 Å². The van der Waals surface area contributed by atoms with E-state index in [1.165, 1.54) is 0 Å². The maximum Gasteiger partial charge on any atom is 0.256 e. The maximum absolute atomic E-state index is 13.0. The second-order valence-corrected chi connectivity index (χ2v) is 8.94. The summed E-state index contributed by atoms with van der Waals surface area (Å²) in [4.78, 5) is 13.9. The standard InChI is InChI=1S/C23H25NO4S/c25-22(18-7-1-2-8-21(18)29-15-17-6-5-13-26-17)24-16-9-10-19-20(14-16)28-23(27-19)11-3-4-12-23/h1-2,7-10,14,17H,3-6,11-13,15H2,(H,24,25). The van der Waals surface area contributed by atoms with Gasteiger partial charge in [-0.3, -0.25) is 4.79 Å². The van der Waals surface area contributed by atoms with Crippen molar-refractivity contribution in [3.63, 3.8) is 0 Å². The third kappa shape index (κ3) is 3.96. The number of benzene rings is 2. The van der Waals surface area contributed by atoms with Crippen LogP contribution < -0.4 is 14.8 Å². The lowest BCUT2D eigenvalue weighted by molar-refractivity contribution is -0.0716. The van der Waals surface area contributed by atoms with Gasteiger partial charge in [0.05, 0.1) is 11.7 Å². The topological polar surface area (TPSA) is 56.8 Å². The molecule has 152 valence electrons.